The zero-order chi connectivity index (χ0) is 21.7. The van der Waals surface area contributed by atoms with Gasteiger partial charge in [-0.15, -0.1) is 0 Å². The molecule has 1 saturated heterocycles. The van der Waals surface area contributed by atoms with E-state index in [4.69, 9.17) is 0 Å². The van der Waals surface area contributed by atoms with Gasteiger partial charge in [0.25, 0.3) is 5.91 Å². The van der Waals surface area contributed by atoms with Crippen LogP contribution in [-0.2, 0) is 4.79 Å². The number of carbonyl (C=O) groups is 2. The molecule has 2 amide bonds. The average molecular weight is 408 g/mol. The summed E-state index contributed by atoms with van der Waals surface area (Å²) in [5, 5.41) is 6.60. The lowest BCUT2D eigenvalue weighted by Crippen LogP contribution is -2.46. The van der Waals surface area contributed by atoms with Crippen molar-refractivity contribution in [1.82, 2.24) is 10.2 Å². The van der Waals surface area contributed by atoms with Gasteiger partial charge in [0.2, 0.25) is 5.91 Å². The van der Waals surface area contributed by atoms with Crippen LogP contribution >= 0.6 is 0 Å². The third-order valence-electron chi connectivity index (χ3n) is 5.81. The highest BCUT2D eigenvalue weighted by Crippen LogP contribution is 2.25. The van der Waals surface area contributed by atoms with Crippen LogP contribution in [0.15, 0.2) is 42.5 Å². The maximum atomic E-state index is 13.0. The number of carbonyl (C=O) groups excluding carboxylic acids is 2. The van der Waals surface area contributed by atoms with E-state index in [2.05, 4.69) is 44.4 Å². The van der Waals surface area contributed by atoms with E-state index in [-0.39, 0.29) is 17.9 Å². The van der Waals surface area contributed by atoms with Crippen molar-refractivity contribution in [3.05, 3.63) is 59.2 Å². The molecule has 0 atom stereocenters. The van der Waals surface area contributed by atoms with Crippen molar-refractivity contribution in [1.29, 1.82) is 0 Å². The fraction of sp³-hybridized carbons (Fsp3) is 0.440. The van der Waals surface area contributed by atoms with Gasteiger partial charge in [0.05, 0.1) is 11.3 Å². The molecule has 3 rings (SSSR count). The largest absolute Gasteiger partial charge is 0.355 e. The fourth-order valence-electron chi connectivity index (χ4n) is 3.84. The van der Waals surface area contributed by atoms with Crippen LogP contribution in [0.4, 0.5) is 11.4 Å². The Morgan fingerprint density at radius 1 is 1.00 bits per heavy atom. The van der Waals surface area contributed by atoms with E-state index >= 15 is 0 Å². The van der Waals surface area contributed by atoms with Crippen LogP contribution in [0.1, 0.15) is 54.6 Å². The molecule has 0 unspecified atom stereocenters. The van der Waals surface area contributed by atoms with Gasteiger partial charge >= 0.3 is 0 Å². The average Bonchev–Trinajstić information content (AvgIpc) is 2.72. The molecule has 1 aliphatic heterocycles. The minimum Gasteiger partial charge on any atom is -0.355 e. The van der Waals surface area contributed by atoms with Crippen LogP contribution in [0.3, 0.4) is 0 Å². The van der Waals surface area contributed by atoms with E-state index in [1.807, 2.05) is 41.3 Å². The molecule has 0 spiro atoms. The Labute approximate surface area is 179 Å². The summed E-state index contributed by atoms with van der Waals surface area (Å²) in [7, 11) is 0. The second-order valence-electron chi connectivity index (χ2n) is 8.64. The maximum Gasteiger partial charge on any atom is 0.253 e. The summed E-state index contributed by atoms with van der Waals surface area (Å²) in [6.45, 7) is 9.70. The second kappa shape index (κ2) is 9.79. The summed E-state index contributed by atoms with van der Waals surface area (Å²) >= 11 is 0. The Bertz CT molecular complexity index is 899. The lowest BCUT2D eigenvalue weighted by molar-refractivity contribution is -0.133. The van der Waals surface area contributed by atoms with Crippen LogP contribution < -0.4 is 10.6 Å². The SMILES string of the molecule is Cc1cccc(Nc2ccccc2C(=O)NC2CCN(C(=O)CC(C)C)CC2)c1C. The van der Waals surface area contributed by atoms with Gasteiger partial charge in [0, 0.05) is 31.2 Å². The van der Waals surface area contributed by atoms with Crippen molar-refractivity contribution in [2.45, 2.75) is 53.0 Å². The topological polar surface area (TPSA) is 61.4 Å². The minimum atomic E-state index is -0.0737. The first-order valence-electron chi connectivity index (χ1n) is 10.9. The van der Waals surface area contributed by atoms with E-state index in [1.54, 1.807) is 0 Å². The van der Waals surface area contributed by atoms with Gasteiger partial charge in [-0.2, -0.15) is 0 Å². The molecule has 0 aromatic heterocycles. The summed E-state index contributed by atoms with van der Waals surface area (Å²) in [6, 6.07) is 13.8. The fourth-order valence-corrected chi connectivity index (χ4v) is 3.84. The lowest BCUT2D eigenvalue weighted by Gasteiger charge is -2.33. The summed E-state index contributed by atoms with van der Waals surface area (Å²) in [4.78, 5) is 27.2. The number of aryl methyl sites for hydroxylation is 1. The Morgan fingerprint density at radius 2 is 1.67 bits per heavy atom. The van der Waals surface area contributed by atoms with Crippen LogP contribution in [0, 0.1) is 19.8 Å². The standard InChI is InChI=1S/C25H33N3O2/c1-17(2)16-24(29)28-14-12-20(13-15-28)26-25(30)21-9-5-6-10-23(21)27-22-11-7-8-18(3)19(22)4/h5-11,17,20,27H,12-16H2,1-4H3,(H,26,30). The highest BCUT2D eigenvalue weighted by Gasteiger charge is 2.25. The zero-order valence-electron chi connectivity index (χ0n) is 18.5. The Kier molecular flexibility index (Phi) is 7.14. The lowest BCUT2D eigenvalue weighted by atomic mass is 10.0. The first kappa shape index (κ1) is 21.9. The van der Waals surface area contributed by atoms with Crippen molar-refractivity contribution in [3.63, 3.8) is 0 Å². The highest BCUT2D eigenvalue weighted by atomic mass is 16.2. The van der Waals surface area contributed by atoms with Crippen molar-refractivity contribution < 1.29 is 9.59 Å². The van der Waals surface area contributed by atoms with Gasteiger partial charge in [-0.1, -0.05) is 38.1 Å². The van der Waals surface area contributed by atoms with Gasteiger partial charge in [0.15, 0.2) is 0 Å². The maximum absolute atomic E-state index is 13.0. The second-order valence-corrected chi connectivity index (χ2v) is 8.64. The Morgan fingerprint density at radius 3 is 2.37 bits per heavy atom. The van der Waals surface area contributed by atoms with Crippen LogP contribution in [0.2, 0.25) is 0 Å². The van der Waals surface area contributed by atoms with E-state index < -0.39 is 0 Å². The van der Waals surface area contributed by atoms with E-state index in [9.17, 15) is 9.59 Å². The summed E-state index contributed by atoms with van der Waals surface area (Å²) in [6.07, 6.45) is 2.18. The van der Waals surface area contributed by atoms with Crippen molar-refractivity contribution in [2.24, 2.45) is 5.92 Å². The van der Waals surface area contributed by atoms with Gasteiger partial charge in [-0.05, 0) is 61.9 Å². The molecule has 0 saturated carbocycles. The van der Waals surface area contributed by atoms with Crippen molar-refractivity contribution >= 4 is 23.2 Å². The number of benzene rings is 2. The molecule has 2 N–H and O–H groups in total. The van der Waals surface area contributed by atoms with E-state index in [0.29, 0.717) is 31.0 Å². The number of likely N-dealkylation sites (tertiary alicyclic amines) is 1. The number of hydrogen-bond acceptors (Lipinski definition) is 3. The molecule has 1 fully saturated rings. The van der Waals surface area contributed by atoms with E-state index in [1.165, 1.54) is 11.1 Å². The first-order chi connectivity index (χ1) is 14.3. The Balaban J connectivity index is 1.63. The van der Waals surface area contributed by atoms with E-state index in [0.717, 1.165) is 24.2 Å². The van der Waals surface area contributed by atoms with Crippen molar-refractivity contribution in [3.8, 4) is 0 Å². The molecule has 0 bridgehead atoms. The number of amides is 2. The number of rotatable bonds is 6. The number of nitrogens with one attached hydrogen (secondary N) is 2. The van der Waals surface area contributed by atoms with Gasteiger partial charge in [-0.3, -0.25) is 9.59 Å². The number of para-hydroxylation sites is 1. The van der Waals surface area contributed by atoms with Crippen molar-refractivity contribution in [2.75, 3.05) is 18.4 Å². The third kappa shape index (κ3) is 5.41. The molecule has 0 radical (unpaired) electrons. The highest BCUT2D eigenvalue weighted by molar-refractivity contribution is 6.00. The molecular weight excluding hydrogens is 374 g/mol. The first-order valence-corrected chi connectivity index (χ1v) is 10.9. The molecule has 5 heteroatoms. The number of anilines is 2. The smallest absolute Gasteiger partial charge is 0.253 e. The number of nitrogens with zero attached hydrogens (tertiary/aromatic N) is 1. The molecular formula is C25H33N3O2. The normalized spacial score (nSPS) is 14.6. The number of piperidine rings is 1. The monoisotopic (exact) mass is 407 g/mol. The van der Waals surface area contributed by atoms with Crippen LogP contribution in [0.5, 0.6) is 0 Å². The van der Waals surface area contributed by atoms with Gasteiger partial charge in [0.1, 0.15) is 0 Å². The van der Waals surface area contributed by atoms with Gasteiger partial charge in [-0.25, -0.2) is 0 Å². The molecule has 0 aliphatic carbocycles. The number of hydrogen-bond donors (Lipinski definition) is 2. The van der Waals surface area contributed by atoms with Crippen LogP contribution in [-0.4, -0.2) is 35.8 Å². The molecule has 2 aromatic rings. The minimum absolute atomic E-state index is 0.0737. The van der Waals surface area contributed by atoms with Gasteiger partial charge < -0.3 is 15.5 Å². The molecule has 160 valence electrons. The zero-order valence-corrected chi connectivity index (χ0v) is 18.5. The molecule has 2 aromatic carbocycles. The summed E-state index contributed by atoms with van der Waals surface area (Å²) in [5.74, 6) is 0.518. The molecule has 1 aliphatic rings. The Hall–Kier alpha value is -2.82. The van der Waals surface area contributed by atoms with Crippen LogP contribution in [0.25, 0.3) is 0 Å². The summed E-state index contributed by atoms with van der Waals surface area (Å²) in [5.41, 5.74) is 4.82. The third-order valence-corrected chi connectivity index (χ3v) is 5.81. The quantitative estimate of drug-likeness (QED) is 0.722. The molecule has 5 nitrogen and oxygen atoms in total. The predicted molar refractivity (Wildman–Crippen MR) is 122 cm³/mol. The molecule has 30 heavy (non-hydrogen) atoms. The predicted octanol–water partition coefficient (Wildman–Crippen LogP) is 4.81. The summed E-state index contributed by atoms with van der Waals surface area (Å²) < 4.78 is 0. The molecule has 1 heterocycles.